The van der Waals surface area contributed by atoms with E-state index in [9.17, 15) is 0 Å². The molecule has 2 aliphatic heterocycles. The lowest BCUT2D eigenvalue weighted by Crippen LogP contribution is -2.55. The first-order chi connectivity index (χ1) is 11.3. The quantitative estimate of drug-likeness (QED) is 0.921. The number of nitrogens with one attached hydrogen (secondary N) is 1. The van der Waals surface area contributed by atoms with E-state index >= 15 is 0 Å². The number of benzene rings is 1. The zero-order chi connectivity index (χ0) is 15.6. The van der Waals surface area contributed by atoms with Gasteiger partial charge < -0.3 is 10.2 Å². The fraction of sp³-hybridized carbons (Fsp3) is 0.700. The monoisotopic (exact) mass is 313 g/mol. The number of piperazine rings is 1. The molecule has 0 aromatic heterocycles. The predicted octanol–water partition coefficient (Wildman–Crippen LogP) is 2.47. The van der Waals surface area contributed by atoms with Crippen molar-refractivity contribution in [3.8, 4) is 0 Å². The first kappa shape index (κ1) is 15.6. The van der Waals surface area contributed by atoms with Crippen LogP contribution in [0.3, 0.4) is 0 Å². The molecular weight excluding hydrogens is 282 g/mol. The average molecular weight is 313 g/mol. The molecule has 3 aliphatic rings. The number of aryl methyl sites for hydroxylation is 1. The summed E-state index contributed by atoms with van der Waals surface area (Å²) in [5.74, 6) is 1.68. The van der Waals surface area contributed by atoms with Crippen molar-refractivity contribution < 1.29 is 0 Å². The molecule has 2 saturated heterocycles. The lowest BCUT2D eigenvalue weighted by Gasteiger charge is -2.44. The molecule has 4 rings (SSSR count). The Morgan fingerprint density at radius 3 is 2.43 bits per heavy atom. The van der Waals surface area contributed by atoms with Gasteiger partial charge in [0.15, 0.2) is 0 Å². The second-order valence-electron chi connectivity index (χ2n) is 7.86. The molecule has 126 valence electrons. The van der Waals surface area contributed by atoms with E-state index in [2.05, 4.69) is 46.3 Å². The Morgan fingerprint density at radius 2 is 1.74 bits per heavy atom. The minimum Gasteiger partial charge on any atom is -0.316 e. The van der Waals surface area contributed by atoms with E-state index in [1.165, 1.54) is 69.7 Å². The van der Waals surface area contributed by atoms with Crippen LogP contribution in [-0.2, 0) is 0 Å². The van der Waals surface area contributed by atoms with Crippen LogP contribution in [0.2, 0.25) is 0 Å². The first-order valence-electron chi connectivity index (χ1n) is 9.53. The lowest BCUT2D eigenvalue weighted by atomic mass is 9.85. The van der Waals surface area contributed by atoms with Gasteiger partial charge in [0.05, 0.1) is 0 Å². The Bertz CT molecular complexity index is 500. The van der Waals surface area contributed by atoms with Gasteiger partial charge >= 0.3 is 0 Å². The third-order valence-electron chi connectivity index (χ3n) is 6.04. The molecule has 2 atom stereocenters. The van der Waals surface area contributed by atoms with E-state index in [1.807, 2.05) is 0 Å². The Morgan fingerprint density at radius 1 is 1.00 bits per heavy atom. The summed E-state index contributed by atoms with van der Waals surface area (Å²) < 4.78 is 0. The molecule has 1 N–H and O–H groups in total. The van der Waals surface area contributed by atoms with Crippen molar-refractivity contribution in [2.45, 2.75) is 38.1 Å². The van der Waals surface area contributed by atoms with Gasteiger partial charge in [0.25, 0.3) is 0 Å². The minimum absolute atomic E-state index is 0.652. The maximum absolute atomic E-state index is 3.62. The second kappa shape index (κ2) is 6.92. The van der Waals surface area contributed by atoms with Gasteiger partial charge in [0.1, 0.15) is 0 Å². The Balaban J connectivity index is 1.40. The largest absolute Gasteiger partial charge is 0.316 e. The molecule has 1 aromatic rings. The highest BCUT2D eigenvalue weighted by molar-refractivity contribution is 5.27. The Hall–Kier alpha value is -0.900. The molecule has 1 saturated carbocycles. The van der Waals surface area contributed by atoms with Crippen molar-refractivity contribution in [1.82, 2.24) is 15.1 Å². The van der Waals surface area contributed by atoms with Crippen molar-refractivity contribution in [3.63, 3.8) is 0 Å². The highest BCUT2D eigenvalue weighted by Crippen LogP contribution is 2.31. The van der Waals surface area contributed by atoms with Crippen molar-refractivity contribution in [2.75, 3.05) is 45.8 Å². The van der Waals surface area contributed by atoms with Crippen molar-refractivity contribution >= 4 is 0 Å². The van der Waals surface area contributed by atoms with Crippen LogP contribution in [0.4, 0.5) is 0 Å². The highest BCUT2D eigenvalue weighted by Gasteiger charge is 2.33. The molecule has 2 heterocycles. The molecule has 23 heavy (non-hydrogen) atoms. The summed E-state index contributed by atoms with van der Waals surface area (Å²) in [5.41, 5.74) is 2.89. The second-order valence-corrected chi connectivity index (χ2v) is 7.86. The standard InChI is InChI=1S/C20H31N3/c1-16-2-6-18(7-3-16)19-14-21-9-8-20(19)23-12-10-22(11-13-23)15-17-4-5-17/h2-3,6-7,17,19-21H,4-5,8-15H2,1H3. The van der Waals surface area contributed by atoms with E-state index in [0.717, 1.165) is 18.5 Å². The lowest BCUT2D eigenvalue weighted by molar-refractivity contribution is 0.0699. The number of rotatable bonds is 4. The van der Waals surface area contributed by atoms with Crippen LogP contribution in [0, 0.1) is 12.8 Å². The van der Waals surface area contributed by atoms with Crippen LogP contribution in [0.25, 0.3) is 0 Å². The summed E-state index contributed by atoms with van der Waals surface area (Å²) >= 11 is 0. The van der Waals surface area contributed by atoms with E-state index < -0.39 is 0 Å². The first-order valence-corrected chi connectivity index (χ1v) is 9.53. The number of hydrogen-bond acceptors (Lipinski definition) is 3. The maximum atomic E-state index is 3.62. The van der Waals surface area contributed by atoms with Crippen molar-refractivity contribution in [3.05, 3.63) is 35.4 Å². The summed E-state index contributed by atoms with van der Waals surface area (Å²) in [6.45, 7) is 10.9. The zero-order valence-electron chi connectivity index (χ0n) is 14.5. The van der Waals surface area contributed by atoms with E-state index in [4.69, 9.17) is 0 Å². The van der Waals surface area contributed by atoms with Gasteiger partial charge in [-0.1, -0.05) is 29.8 Å². The summed E-state index contributed by atoms with van der Waals surface area (Å²) in [4.78, 5) is 5.49. The Labute approximate surface area is 141 Å². The summed E-state index contributed by atoms with van der Waals surface area (Å²) in [6.07, 6.45) is 4.25. The topological polar surface area (TPSA) is 18.5 Å². The smallest absolute Gasteiger partial charge is 0.0189 e. The number of hydrogen-bond donors (Lipinski definition) is 1. The zero-order valence-corrected chi connectivity index (χ0v) is 14.5. The minimum atomic E-state index is 0.652. The van der Waals surface area contributed by atoms with Crippen molar-refractivity contribution in [2.24, 2.45) is 5.92 Å². The molecule has 1 aliphatic carbocycles. The van der Waals surface area contributed by atoms with Crippen LogP contribution in [0.5, 0.6) is 0 Å². The molecule has 0 amide bonds. The van der Waals surface area contributed by atoms with Gasteiger partial charge in [-0.3, -0.25) is 4.90 Å². The molecular formula is C20H31N3. The van der Waals surface area contributed by atoms with Crippen LogP contribution in [0.1, 0.15) is 36.3 Å². The molecule has 0 spiro atoms. The van der Waals surface area contributed by atoms with Crippen LogP contribution < -0.4 is 5.32 Å². The summed E-state index contributed by atoms with van der Waals surface area (Å²) in [6, 6.07) is 9.97. The van der Waals surface area contributed by atoms with Crippen LogP contribution >= 0.6 is 0 Å². The van der Waals surface area contributed by atoms with Crippen LogP contribution in [-0.4, -0.2) is 61.7 Å². The van der Waals surface area contributed by atoms with Gasteiger partial charge in [0, 0.05) is 51.2 Å². The number of nitrogens with zero attached hydrogens (tertiary/aromatic N) is 2. The molecule has 0 bridgehead atoms. The van der Waals surface area contributed by atoms with Gasteiger partial charge in [-0.2, -0.15) is 0 Å². The van der Waals surface area contributed by atoms with Crippen molar-refractivity contribution in [1.29, 1.82) is 0 Å². The fourth-order valence-corrected chi connectivity index (χ4v) is 4.38. The highest BCUT2D eigenvalue weighted by atomic mass is 15.3. The van der Waals surface area contributed by atoms with E-state index in [1.54, 1.807) is 0 Å². The molecule has 1 aromatic carbocycles. The number of piperidine rings is 1. The molecule has 3 fully saturated rings. The Kier molecular flexibility index (Phi) is 4.70. The summed E-state index contributed by atoms with van der Waals surface area (Å²) in [5, 5.41) is 3.62. The molecule has 0 radical (unpaired) electrons. The SMILES string of the molecule is Cc1ccc(C2CNCCC2N2CCN(CC3CC3)CC2)cc1. The van der Waals surface area contributed by atoms with Gasteiger partial charge in [-0.25, -0.2) is 0 Å². The summed E-state index contributed by atoms with van der Waals surface area (Å²) in [7, 11) is 0. The van der Waals surface area contributed by atoms with E-state index in [-0.39, 0.29) is 0 Å². The molecule has 3 heteroatoms. The van der Waals surface area contributed by atoms with Gasteiger partial charge in [-0.05, 0) is 44.2 Å². The average Bonchev–Trinajstić information content (AvgIpc) is 3.40. The predicted molar refractivity (Wildman–Crippen MR) is 95.9 cm³/mol. The maximum Gasteiger partial charge on any atom is 0.0189 e. The normalized spacial score (nSPS) is 30.5. The third-order valence-corrected chi connectivity index (χ3v) is 6.04. The van der Waals surface area contributed by atoms with E-state index in [0.29, 0.717) is 5.92 Å². The van der Waals surface area contributed by atoms with Gasteiger partial charge in [-0.15, -0.1) is 0 Å². The van der Waals surface area contributed by atoms with Gasteiger partial charge in [0.2, 0.25) is 0 Å². The molecule has 3 nitrogen and oxygen atoms in total. The molecule has 2 unspecified atom stereocenters. The third kappa shape index (κ3) is 3.78. The fourth-order valence-electron chi connectivity index (χ4n) is 4.38. The van der Waals surface area contributed by atoms with Crippen LogP contribution in [0.15, 0.2) is 24.3 Å².